The topological polar surface area (TPSA) is 32.3 Å². The molecule has 0 aromatic heterocycles. The second-order valence-electron chi connectivity index (χ2n) is 6.07. The fraction of sp³-hybridized carbons (Fsp3) is 0.588. The van der Waals surface area contributed by atoms with Gasteiger partial charge in [0.2, 0.25) is 5.91 Å². The molecule has 0 spiro atoms. The van der Waals surface area contributed by atoms with E-state index >= 15 is 0 Å². The number of carbonyl (C=O) groups excluding carboxylic acids is 1. The van der Waals surface area contributed by atoms with E-state index in [1.807, 2.05) is 6.07 Å². The van der Waals surface area contributed by atoms with Gasteiger partial charge in [-0.05, 0) is 56.8 Å². The van der Waals surface area contributed by atoms with Gasteiger partial charge < -0.3 is 10.2 Å². The van der Waals surface area contributed by atoms with Gasteiger partial charge in [-0.15, -0.1) is 0 Å². The lowest BCUT2D eigenvalue weighted by atomic mass is 9.75. The van der Waals surface area contributed by atoms with Crippen molar-refractivity contribution in [3.63, 3.8) is 0 Å². The van der Waals surface area contributed by atoms with Crippen molar-refractivity contribution < 1.29 is 4.79 Å². The van der Waals surface area contributed by atoms with Crippen LogP contribution in [0.15, 0.2) is 24.3 Å². The lowest BCUT2D eigenvalue weighted by molar-refractivity contribution is -0.130. The fourth-order valence-electron chi connectivity index (χ4n) is 3.65. The highest BCUT2D eigenvalue weighted by atomic mass is 16.2. The number of rotatable bonds is 2. The third-order valence-corrected chi connectivity index (χ3v) is 5.05. The van der Waals surface area contributed by atoms with E-state index in [-0.39, 0.29) is 5.41 Å². The van der Waals surface area contributed by atoms with Crippen molar-refractivity contribution in [2.75, 3.05) is 24.5 Å². The van der Waals surface area contributed by atoms with Gasteiger partial charge in [-0.1, -0.05) is 25.1 Å². The number of nitrogens with zero attached hydrogens (tertiary/aromatic N) is 1. The summed E-state index contributed by atoms with van der Waals surface area (Å²) in [6, 6.07) is 8.39. The van der Waals surface area contributed by atoms with Crippen LogP contribution in [0.5, 0.6) is 0 Å². The molecular formula is C17H24N2O. The second-order valence-corrected chi connectivity index (χ2v) is 6.07. The van der Waals surface area contributed by atoms with Crippen LogP contribution in [-0.4, -0.2) is 25.5 Å². The summed E-state index contributed by atoms with van der Waals surface area (Å²) in [5.74, 6) is 0.355. The zero-order chi connectivity index (χ0) is 14.0. The number of aryl methyl sites for hydroxylation is 1. The van der Waals surface area contributed by atoms with E-state index in [0.29, 0.717) is 5.91 Å². The quantitative estimate of drug-likeness (QED) is 0.898. The summed E-state index contributed by atoms with van der Waals surface area (Å²) in [6.45, 7) is 4.98. The van der Waals surface area contributed by atoms with Crippen molar-refractivity contribution in [2.45, 2.75) is 39.0 Å². The molecule has 0 saturated carbocycles. The Hall–Kier alpha value is -1.35. The maximum atomic E-state index is 13.2. The van der Waals surface area contributed by atoms with Crippen molar-refractivity contribution >= 4 is 11.6 Å². The molecule has 3 rings (SSSR count). The molecule has 1 amide bonds. The Kier molecular flexibility index (Phi) is 3.79. The normalized spacial score (nSPS) is 21.4. The molecule has 1 saturated heterocycles. The molecule has 3 nitrogen and oxygen atoms in total. The fourth-order valence-corrected chi connectivity index (χ4v) is 3.65. The molecular weight excluding hydrogens is 248 g/mol. The van der Waals surface area contributed by atoms with E-state index in [4.69, 9.17) is 0 Å². The molecule has 0 unspecified atom stereocenters. The first kappa shape index (κ1) is 13.6. The Morgan fingerprint density at radius 2 is 2.05 bits per heavy atom. The van der Waals surface area contributed by atoms with E-state index in [9.17, 15) is 4.79 Å². The number of hydrogen-bond acceptors (Lipinski definition) is 2. The summed E-state index contributed by atoms with van der Waals surface area (Å²) in [5, 5.41) is 3.38. The van der Waals surface area contributed by atoms with E-state index in [0.717, 1.165) is 57.4 Å². The van der Waals surface area contributed by atoms with Gasteiger partial charge in [0, 0.05) is 12.2 Å². The van der Waals surface area contributed by atoms with E-state index in [1.54, 1.807) is 0 Å². The number of carbonyl (C=O) groups is 1. The molecule has 0 radical (unpaired) electrons. The van der Waals surface area contributed by atoms with E-state index in [1.165, 1.54) is 5.56 Å². The minimum absolute atomic E-state index is 0.143. The van der Waals surface area contributed by atoms with Crippen LogP contribution >= 0.6 is 0 Å². The molecule has 0 atom stereocenters. The number of fused-ring (bicyclic) bond motifs is 1. The Morgan fingerprint density at radius 1 is 1.30 bits per heavy atom. The largest absolute Gasteiger partial charge is 0.317 e. The predicted molar refractivity (Wildman–Crippen MR) is 81.9 cm³/mol. The molecule has 108 valence electrons. The van der Waals surface area contributed by atoms with Gasteiger partial charge in [0.25, 0.3) is 0 Å². The van der Waals surface area contributed by atoms with Crippen LogP contribution in [0, 0.1) is 5.41 Å². The maximum absolute atomic E-state index is 13.2. The predicted octanol–water partition coefficient (Wildman–Crippen LogP) is 2.75. The summed E-state index contributed by atoms with van der Waals surface area (Å²) >= 11 is 0. The average molecular weight is 272 g/mol. The minimum Gasteiger partial charge on any atom is -0.317 e. The second kappa shape index (κ2) is 5.57. The molecule has 0 aliphatic carbocycles. The first-order valence-corrected chi connectivity index (χ1v) is 7.87. The summed E-state index contributed by atoms with van der Waals surface area (Å²) in [7, 11) is 0. The van der Waals surface area contributed by atoms with Gasteiger partial charge in [0.15, 0.2) is 0 Å². The molecule has 20 heavy (non-hydrogen) atoms. The highest BCUT2D eigenvalue weighted by Gasteiger charge is 2.41. The number of anilines is 1. The number of amides is 1. The Bertz CT molecular complexity index is 492. The zero-order valence-corrected chi connectivity index (χ0v) is 12.3. The number of nitrogens with one attached hydrogen (secondary N) is 1. The van der Waals surface area contributed by atoms with Crippen LogP contribution in [0.1, 0.15) is 38.2 Å². The molecule has 2 heterocycles. The summed E-state index contributed by atoms with van der Waals surface area (Å²) in [6.07, 6.45) is 5.08. The zero-order valence-electron chi connectivity index (χ0n) is 12.3. The molecule has 1 aromatic carbocycles. The highest BCUT2D eigenvalue weighted by Crippen LogP contribution is 2.38. The lowest BCUT2D eigenvalue weighted by Gasteiger charge is -2.41. The monoisotopic (exact) mass is 272 g/mol. The Labute approximate surface area is 121 Å². The summed E-state index contributed by atoms with van der Waals surface area (Å²) < 4.78 is 0. The van der Waals surface area contributed by atoms with Crippen molar-refractivity contribution in [3.8, 4) is 0 Å². The van der Waals surface area contributed by atoms with Crippen LogP contribution in [-0.2, 0) is 11.2 Å². The first-order chi connectivity index (χ1) is 9.77. The van der Waals surface area contributed by atoms with Crippen LogP contribution < -0.4 is 10.2 Å². The number of para-hydroxylation sites is 1. The Balaban J connectivity index is 1.91. The Morgan fingerprint density at radius 3 is 2.80 bits per heavy atom. The van der Waals surface area contributed by atoms with E-state index < -0.39 is 0 Å². The lowest BCUT2D eigenvalue weighted by Crippen LogP contribution is -2.50. The van der Waals surface area contributed by atoms with Crippen molar-refractivity contribution in [1.29, 1.82) is 0 Å². The number of hydrogen-bond donors (Lipinski definition) is 1. The van der Waals surface area contributed by atoms with Gasteiger partial charge >= 0.3 is 0 Å². The number of piperidine rings is 1. The summed E-state index contributed by atoms with van der Waals surface area (Å²) in [5.41, 5.74) is 2.33. The van der Waals surface area contributed by atoms with Gasteiger partial charge in [-0.3, -0.25) is 4.79 Å². The molecule has 3 heteroatoms. The van der Waals surface area contributed by atoms with Crippen molar-refractivity contribution in [2.24, 2.45) is 5.41 Å². The van der Waals surface area contributed by atoms with Gasteiger partial charge in [-0.2, -0.15) is 0 Å². The molecule has 1 aromatic rings. The van der Waals surface area contributed by atoms with Crippen molar-refractivity contribution in [3.05, 3.63) is 29.8 Å². The molecule has 1 N–H and O–H groups in total. The van der Waals surface area contributed by atoms with Gasteiger partial charge in [0.1, 0.15) is 0 Å². The smallest absolute Gasteiger partial charge is 0.233 e. The standard InChI is InChI=1S/C17H24N2O/c1-2-17(9-11-18-12-10-17)16(20)19-13-5-7-14-6-3-4-8-15(14)19/h3-4,6,8,18H,2,5,7,9-13H2,1H3. The average Bonchev–Trinajstić information content (AvgIpc) is 2.54. The molecule has 1 fully saturated rings. The first-order valence-electron chi connectivity index (χ1n) is 7.87. The SMILES string of the molecule is CCC1(C(=O)N2CCCc3ccccc32)CCNCC1. The molecule has 0 bridgehead atoms. The van der Waals surface area contributed by atoms with Crippen LogP contribution in [0.4, 0.5) is 5.69 Å². The minimum atomic E-state index is -0.143. The molecule has 2 aliphatic heterocycles. The third kappa shape index (κ3) is 2.24. The van der Waals surface area contributed by atoms with E-state index in [2.05, 4.69) is 35.3 Å². The third-order valence-electron chi connectivity index (χ3n) is 5.05. The molecule has 2 aliphatic rings. The van der Waals surface area contributed by atoms with Crippen LogP contribution in [0.3, 0.4) is 0 Å². The van der Waals surface area contributed by atoms with Gasteiger partial charge in [0.05, 0.1) is 5.41 Å². The van der Waals surface area contributed by atoms with Crippen molar-refractivity contribution in [1.82, 2.24) is 5.32 Å². The van der Waals surface area contributed by atoms with Crippen LogP contribution in [0.25, 0.3) is 0 Å². The van der Waals surface area contributed by atoms with Gasteiger partial charge in [-0.25, -0.2) is 0 Å². The summed E-state index contributed by atoms with van der Waals surface area (Å²) in [4.78, 5) is 15.2. The van der Waals surface area contributed by atoms with Crippen LogP contribution in [0.2, 0.25) is 0 Å². The number of benzene rings is 1. The maximum Gasteiger partial charge on any atom is 0.233 e. The highest BCUT2D eigenvalue weighted by molar-refractivity contribution is 5.98.